The zero-order chi connectivity index (χ0) is 14.9. The van der Waals surface area contributed by atoms with Crippen molar-refractivity contribution in [3.8, 4) is 0 Å². The first-order valence-corrected chi connectivity index (χ1v) is 5.78. The maximum absolute atomic E-state index is 13.4. The zero-order valence-corrected chi connectivity index (χ0v) is 10.8. The van der Waals surface area contributed by atoms with Crippen molar-refractivity contribution in [1.29, 1.82) is 0 Å². The van der Waals surface area contributed by atoms with Gasteiger partial charge >= 0.3 is 0 Å². The van der Waals surface area contributed by atoms with Gasteiger partial charge in [-0.1, -0.05) is 6.07 Å². The normalized spacial score (nSPS) is 10.4. The lowest BCUT2D eigenvalue weighted by Gasteiger charge is -2.08. The van der Waals surface area contributed by atoms with E-state index in [1.165, 1.54) is 0 Å². The van der Waals surface area contributed by atoms with E-state index in [1.807, 2.05) is 13.8 Å². The van der Waals surface area contributed by atoms with Crippen molar-refractivity contribution in [2.24, 2.45) is 0 Å². The maximum atomic E-state index is 13.4. The first kappa shape index (κ1) is 14.0. The van der Waals surface area contributed by atoms with Crippen molar-refractivity contribution in [2.45, 2.75) is 13.8 Å². The Kier molecular flexibility index (Phi) is 3.74. The number of rotatable bonds is 2. The molecule has 0 spiro atoms. The lowest BCUT2D eigenvalue weighted by molar-refractivity contribution is 0.102. The summed E-state index contributed by atoms with van der Waals surface area (Å²) in [4.78, 5) is 14.5. The van der Waals surface area contributed by atoms with Crippen LogP contribution in [0.2, 0.25) is 0 Å². The molecule has 1 aromatic heterocycles. The number of halogens is 3. The van der Waals surface area contributed by atoms with Gasteiger partial charge in [0.15, 0.2) is 5.82 Å². The predicted molar refractivity (Wildman–Crippen MR) is 68.0 cm³/mol. The van der Waals surface area contributed by atoms with Crippen LogP contribution >= 0.6 is 0 Å². The molecule has 1 aromatic carbocycles. The lowest BCUT2D eigenvalue weighted by Crippen LogP contribution is -2.16. The third kappa shape index (κ3) is 2.79. The van der Waals surface area contributed by atoms with Crippen LogP contribution in [0.1, 0.15) is 21.5 Å². The van der Waals surface area contributed by atoms with Gasteiger partial charge in [-0.25, -0.2) is 4.39 Å². The van der Waals surface area contributed by atoms with Gasteiger partial charge in [-0.3, -0.25) is 4.79 Å². The molecular weight excluding hydrogens is 269 g/mol. The first-order chi connectivity index (χ1) is 9.38. The van der Waals surface area contributed by atoms with E-state index in [9.17, 15) is 18.0 Å². The average Bonchev–Trinajstić information content (AvgIpc) is 2.38. The van der Waals surface area contributed by atoms with Crippen molar-refractivity contribution in [2.75, 3.05) is 5.32 Å². The average molecular weight is 280 g/mol. The molecule has 0 atom stereocenters. The monoisotopic (exact) mass is 280 g/mol. The Morgan fingerprint density at radius 3 is 2.45 bits per heavy atom. The van der Waals surface area contributed by atoms with Crippen LogP contribution in [0.15, 0.2) is 24.3 Å². The van der Waals surface area contributed by atoms with Crippen LogP contribution in [-0.2, 0) is 0 Å². The summed E-state index contributed by atoms with van der Waals surface area (Å²) in [6.07, 6.45) is 0. The Bertz CT molecular complexity index is 686. The van der Waals surface area contributed by atoms with E-state index in [2.05, 4.69) is 10.3 Å². The molecule has 104 valence electrons. The predicted octanol–water partition coefficient (Wildman–Crippen LogP) is 3.37. The molecule has 1 N–H and O–H groups in total. The molecule has 0 unspecified atom stereocenters. The van der Waals surface area contributed by atoms with E-state index in [0.717, 1.165) is 11.1 Å². The van der Waals surface area contributed by atoms with Crippen molar-refractivity contribution < 1.29 is 18.0 Å². The number of amides is 1. The van der Waals surface area contributed by atoms with Crippen LogP contribution in [0.3, 0.4) is 0 Å². The van der Waals surface area contributed by atoms with Crippen LogP contribution in [-0.4, -0.2) is 10.9 Å². The summed E-state index contributed by atoms with van der Waals surface area (Å²) in [5.41, 5.74) is 1.63. The molecule has 1 heterocycles. The molecule has 0 aliphatic rings. The van der Waals surface area contributed by atoms with Gasteiger partial charge < -0.3 is 5.32 Å². The van der Waals surface area contributed by atoms with Crippen molar-refractivity contribution in [3.05, 3.63) is 58.7 Å². The Labute approximate surface area is 113 Å². The number of aryl methyl sites for hydroxylation is 2. The third-order valence-corrected chi connectivity index (χ3v) is 2.90. The summed E-state index contributed by atoms with van der Waals surface area (Å²) < 4.78 is 39.3. The molecule has 0 fully saturated rings. The second-order valence-corrected chi connectivity index (χ2v) is 4.35. The van der Waals surface area contributed by atoms with Gasteiger partial charge in [0, 0.05) is 11.8 Å². The second-order valence-electron chi connectivity index (χ2n) is 4.35. The molecule has 3 nitrogen and oxygen atoms in total. The highest BCUT2D eigenvalue weighted by Crippen LogP contribution is 2.17. The molecule has 2 aromatic rings. The number of carbonyl (C=O) groups excluding carboxylic acids is 1. The number of benzene rings is 1. The van der Waals surface area contributed by atoms with Gasteiger partial charge in [0.2, 0.25) is 5.95 Å². The molecule has 0 bridgehead atoms. The maximum Gasteiger partial charge on any atom is 0.258 e. The molecule has 2 rings (SSSR count). The number of pyridine rings is 1. The van der Waals surface area contributed by atoms with E-state index >= 15 is 0 Å². The quantitative estimate of drug-likeness (QED) is 0.857. The summed E-state index contributed by atoms with van der Waals surface area (Å²) in [6, 6.07) is 5.62. The van der Waals surface area contributed by atoms with E-state index in [4.69, 9.17) is 0 Å². The fourth-order valence-electron chi connectivity index (χ4n) is 1.65. The highest BCUT2D eigenvalue weighted by atomic mass is 19.2. The highest BCUT2D eigenvalue weighted by molar-refractivity contribution is 6.04. The number of hydrogen-bond acceptors (Lipinski definition) is 2. The number of aromatic nitrogens is 1. The van der Waals surface area contributed by atoms with Crippen molar-refractivity contribution >= 4 is 11.6 Å². The van der Waals surface area contributed by atoms with Crippen LogP contribution < -0.4 is 5.32 Å². The van der Waals surface area contributed by atoms with E-state index in [0.29, 0.717) is 11.8 Å². The molecule has 1 amide bonds. The molecule has 0 radical (unpaired) electrons. The van der Waals surface area contributed by atoms with Crippen molar-refractivity contribution in [3.63, 3.8) is 0 Å². The number of hydrogen-bond donors (Lipinski definition) is 1. The van der Waals surface area contributed by atoms with Gasteiger partial charge in [0.05, 0.1) is 5.56 Å². The van der Waals surface area contributed by atoms with Crippen LogP contribution in [0.25, 0.3) is 0 Å². The number of carbonyl (C=O) groups is 1. The summed E-state index contributed by atoms with van der Waals surface area (Å²) in [5.74, 6) is -5.32. The summed E-state index contributed by atoms with van der Waals surface area (Å²) in [6.45, 7) is 3.74. The van der Waals surface area contributed by atoms with Crippen LogP contribution in [0, 0.1) is 31.6 Å². The smallest absolute Gasteiger partial charge is 0.258 e. The topological polar surface area (TPSA) is 42.0 Å². The Hall–Kier alpha value is -2.37. The lowest BCUT2D eigenvalue weighted by atomic mass is 10.1. The molecule has 0 aliphatic carbocycles. The minimum Gasteiger partial charge on any atom is -0.322 e. The first-order valence-electron chi connectivity index (χ1n) is 5.78. The van der Waals surface area contributed by atoms with Crippen molar-refractivity contribution in [1.82, 2.24) is 4.98 Å². The van der Waals surface area contributed by atoms with Gasteiger partial charge in [-0.05, 0) is 37.1 Å². The molecule has 20 heavy (non-hydrogen) atoms. The van der Waals surface area contributed by atoms with Gasteiger partial charge in [-0.15, -0.1) is 0 Å². The largest absolute Gasteiger partial charge is 0.322 e. The fourth-order valence-corrected chi connectivity index (χ4v) is 1.65. The van der Waals surface area contributed by atoms with Gasteiger partial charge in [0.25, 0.3) is 11.9 Å². The van der Waals surface area contributed by atoms with Crippen LogP contribution in [0.4, 0.5) is 18.9 Å². The number of nitrogens with one attached hydrogen (secondary N) is 1. The number of nitrogens with zero attached hydrogens (tertiary/aromatic N) is 1. The second kappa shape index (κ2) is 5.32. The van der Waals surface area contributed by atoms with Gasteiger partial charge in [-0.2, -0.15) is 13.8 Å². The highest BCUT2D eigenvalue weighted by Gasteiger charge is 2.19. The SMILES string of the molecule is Cc1ccc(NC(=O)c2cc(F)nc(F)c2F)cc1C. The summed E-state index contributed by atoms with van der Waals surface area (Å²) >= 11 is 0. The molecule has 0 aliphatic heterocycles. The minimum absolute atomic E-state index is 0.412. The summed E-state index contributed by atoms with van der Waals surface area (Å²) in [7, 11) is 0. The molecule has 6 heteroatoms. The van der Waals surface area contributed by atoms with Crippen LogP contribution in [0.5, 0.6) is 0 Å². The van der Waals surface area contributed by atoms with E-state index in [-0.39, 0.29) is 0 Å². The molecular formula is C14H11F3N2O. The number of anilines is 1. The zero-order valence-electron chi connectivity index (χ0n) is 10.8. The summed E-state index contributed by atoms with van der Waals surface area (Å²) in [5, 5.41) is 2.38. The standard InChI is InChI=1S/C14H11F3N2O/c1-7-3-4-9(5-8(7)2)18-14(20)10-6-11(15)19-13(17)12(10)16/h3-6H,1-2H3,(H,18,20). The molecule has 0 saturated heterocycles. The minimum atomic E-state index is -1.64. The Morgan fingerprint density at radius 2 is 1.80 bits per heavy atom. The third-order valence-electron chi connectivity index (χ3n) is 2.90. The Morgan fingerprint density at radius 1 is 1.10 bits per heavy atom. The molecule has 0 saturated carbocycles. The van der Waals surface area contributed by atoms with Gasteiger partial charge in [0.1, 0.15) is 0 Å². The Balaban J connectivity index is 2.30. The van der Waals surface area contributed by atoms with E-state index in [1.54, 1.807) is 18.2 Å². The van der Waals surface area contributed by atoms with E-state index < -0.39 is 29.2 Å². The fraction of sp³-hybridized carbons (Fsp3) is 0.143.